The summed E-state index contributed by atoms with van der Waals surface area (Å²) in [5.74, 6) is 0.675. The molecule has 0 saturated carbocycles. The standard InChI is InChI=1S/C23H19BrN4OS/c24-18-5-2-1-4-16(18)19-8-7-15(12-25-19)13-28-10-9-20-17(14-28)23(29)27-22(26-20)21-6-3-11-30-21/h1-8,11-12H,9-10,13-14H2,(H,26,27,29). The molecule has 7 heteroatoms. The second kappa shape index (κ2) is 8.26. The minimum Gasteiger partial charge on any atom is -0.306 e. The van der Waals surface area contributed by atoms with Gasteiger partial charge in [-0.2, -0.15) is 0 Å². The van der Waals surface area contributed by atoms with Crippen molar-refractivity contribution in [2.45, 2.75) is 19.5 Å². The van der Waals surface area contributed by atoms with E-state index in [4.69, 9.17) is 4.98 Å². The van der Waals surface area contributed by atoms with Crippen LogP contribution in [-0.4, -0.2) is 26.4 Å². The molecule has 3 aromatic heterocycles. The maximum absolute atomic E-state index is 12.7. The quantitative estimate of drug-likeness (QED) is 0.453. The van der Waals surface area contributed by atoms with Crippen molar-refractivity contribution in [2.75, 3.05) is 6.54 Å². The molecule has 1 N–H and O–H groups in total. The Morgan fingerprint density at radius 2 is 2.03 bits per heavy atom. The molecule has 30 heavy (non-hydrogen) atoms. The Labute approximate surface area is 186 Å². The number of rotatable bonds is 4. The highest BCUT2D eigenvalue weighted by atomic mass is 79.9. The summed E-state index contributed by atoms with van der Waals surface area (Å²) in [6, 6.07) is 16.2. The van der Waals surface area contributed by atoms with E-state index in [9.17, 15) is 4.79 Å². The van der Waals surface area contributed by atoms with Crippen LogP contribution in [0.5, 0.6) is 0 Å². The predicted molar refractivity (Wildman–Crippen MR) is 123 cm³/mol. The first-order chi connectivity index (χ1) is 14.7. The average Bonchev–Trinajstić information content (AvgIpc) is 3.30. The van der Waals surface area contributed by atoms with Gasteiger partial charge in [0.2, 0.25) is 0 Å². The van der Waals surface area contributed by atoms with Crippen LogP contribution < -0.4 is 5.56 Å². The van der Waals surface area contributed by atoms with Crippen molar-refractivity contribution in [1.29, 1.82) is 0 Å². The van der Waals surface area contributed by atoms with Crippen molar-refractivity contribution >= 4 is 27.3 Å². The molecule has 4 aromatic rings. The van der Waals surface area contributed by atoms with Gasteiger partial charge < -0.3 is 4.98 Å². The zero-order valence-electron chi connectivity index (χ0n) is 16.1. The fourth-order valence-corrected chi connectivity index (χ4v) is 4.91. The normalized spacial score (nSPS) is 13.9. The summed E-state index contributed by atoms with van der Waals surface area (Å²) < 4.78 is 1.03. The van der Waals surface area contributed by atoms with Gasteiger partial charge in [0.25, 0.3) is 5.56 Å². The molecule has 1 aliphatic rings. The lowest BCUT2D eigenvalue weighted by Gasteiger charge is -2.27. The number of thiophene rings is 1. The summed E-state index contributed by atoms with van der Waals surface area (Å²) in [7, 11) is 0. The first-order valence-corrected chi connectivity index (χ1v) is 11.4. The second-order valence-electron chi connectivity index (χ2n) is 7.31. The zero-order valence-corrected chi connectivity index (χ0v) is 18.5. The van der Waals surface area contributed by atoms with E-state index in [2.05, 4.69) is 49.0 Å². The monoisotopic (exact) mass is 478 g/mol. The Hall–Kier alpha value is -2.61. The lowest BCUT2D eigenvalue weighted by atomic mass is 10.1. The van der Waals surface area contributed by atoms with Crippen LogP contribution in [0, 0.1) is 0 Å². The van der Waals surface area contributed by atoms with Crippen LogP contribution in [-0.2, 0) is 19.5 Å². The molecule has 0 saturated heterocycles. The number of nitrogens with one attached hydrogen (secondary N) is 1. The second-order valence-corrected chi connectivity index (χ2v) is 9.11. The van der Waals surface area contributed by atoms with E-state index in [1.54, 1.807) is 11.3 Å². The SMILES string of the molecule is O=c1[nH]c(-c2cccs2)nc2c1CN(Cc1ccc(-c3ccccc3Br)nc1)CC2. The van der Waals surface area contributed by atoms with Gasteiger partial charge in [-0.3, -0.25) is 14.7 Å². The number of hydrogen-bond acceptors (Lipinski definition) is 5. The first-order valence-electron chi connectivity index (χ1n) is 9.75. The van der Waals surface area contributed by atoms with E-state index in [0.29, 0.717) is 12.4 Å². The van der Waals surface area contributed by atoms with E-state index in [1.165, 1.54) is 0 Å². The lowest BCUT2D eigenvalue weighted by molar-refractivity contribution is 0.241. The molecule has 1 aromatic carbocycles. The lowest BCUT2D eigenvalue weighted by Crippen LogP contribution is -2.35. The van der Waals surface area contributed by atoms with Gasteiger partial charge in [0.1, 0.15) is 0 Å². The molecule has 0 unspecified atom stereocenters. The maximum atomic E-state index is 12.7. The van der Waals surface area contributed by atoms with Gasteiger partial charge in [-0.15, -0.1) is 11.3 Å². The van der Waals surface area contributed by atoms with Crippen LogP contribution in [0.3, 0.4) is 0 Å². The Morgan fingerprint density at radius 1 is 1.13 bits per heavy atom. The van der Waals surface area contributed by atoms with Crippen LogP contribution in [0.15, 0.2) is 69.4 Å². The number of halogens is 1. The highest BCUT2D eigenvalue weighted by Gasteiger charge is 2.22. The summed E-state index contributed by atoms with van der Waals surface area (Å²) in [6.07, 6.45) is 2.70. The van der Waals surface area contributed by atoms with Gasteiger partial charge in [-0.1, -0.05) is 46.3 Å². The van der Waals surface area contributed by atoms with Gasteiger partial charge in [-0.05, 0) is 29.1 Å². The Morgan fingerprint density at radius 3 is 2.80 bits per heavy atom. The fraction of sp³-hybridized carbons (Fsp3) is 0.174. The largest absolute Gasteiger partial charge is 0.306 e. The van der Waals surface area contributed by atoms with E-state index in [0.717, 1.165) is 56.9 Å². The zero-order chi connectivity index (χ0) is 20.5. The first kappa shape index (κ1) is 19.4. The van der Waals surface area contributed by atoms with Crippen LogP contribution in [0.1, 0.15) is 16.8 Å². The van der Waals surface area contributed by atoms with Crippen molar-refractivity contribution in [3.05, 3.63) is 91.8 Å². The van der Waals surface area contributed by atoms with E-state index in [1.807, 2.05) is 41.9 Å². The summed E-state index contributed by atoms with van der Waals surface area (Å²) in [6.45, 7) is 2.24. The predicted octanol–water partition coefficient (Wildman–Crippen LogP) is 4.88. The third-order valence-electron chi connectivity index (χ3n) is 5.28. The summed E-state index contributed by atoms with van der Waals surface area (Å²) >= 11 is 5.17. The molecule has 0 fully saturated rings. The van der Waals surface area contributed by atoms with Crippen molar-refractivity contribution in [1.82, 2.24) is 19.9 Å². The molecular formula is C23H19BrN4OS. The number of benzene rings is 1. The van der Waals surface area contributed by atoms with Crippen molar-refractivity contribution in [3.8, 4) is 22.0 Å². The highest BCUT2D eigenvalue weighted by molar-refractivity contribution is 9.10. The van der Waals surface area contributed by atoms with Crippen LogP contribution >= 0.6 is 27.3 Å². The number of nitrogens with zero attached hydrogens (tertiary/aromatic N) is 3. The van der Waals surface area contributed by atoms with E-state index < -0.39 is 0 Å². The Bertz CT molecular complexity index is 1240. The van der Waals surface area contributed by atoms with Crippen molar-refractivity contribution in [2.24, 2.45) is 0 Å². The third-order valence-corrected chi connectivity index (χ3v) is 6.85. The number of hydrogen-bond donors (Lipinski definition) is 1. The van der Waals surface area contributed by atoms with Crippen LogP contribution in [0.25, 0.3) is 22.0 Å². The molecule has 0 amide bonds. The summed E-state index contributed by atoms with van der Waals surface area (Å²) in [5, 5.41) is 1.99. The van der Waals surface area contributed by atoms with Gasteiger partial charge >= 0.3 is 0 Å². The fourth-order valence-electron chi connectivity index (χ4n) is 3.75. The average molecular weight is 479 g/mol. The number of fused-ring (bicyclic) bond motifs is 1. The van der Waals surface area contributed by atoms with E-state index in [-0.39, 0.29) is 5.56 Å². The Balaban J connectivity index is 1.32. The highest BCUT2D eigenvalue weighted by Crippen LogP contribution is 2.27. The van der Waals surface area contributed by atoms with Gasteiger partial charge in [0.15, 0.2) is 5.82 Å². The smallest absolute Gasteiger partial charge is 0.255 e. The Kier molecular flexibility index (Phi) is 5.33. The summed E-state index contributed by atoms with van der Waals surface area (Å²) in [5.41, 5.74) is 4.82. The molecular weight excluding hydrogens is 460 g/mol. The number of aromatic nitrogens is 3. The van der Waals surface area contributed by atoms with Gasteiger partial charge in [-0.25, -0.2) is 4.98 Å². The van der Waals surface area contributed by atoms with Crippen LogP contribution in [0.4, 0.5) is 0 Å². The molecule has 5 rings (SSSR count). The number of pyridine rings is 1. The van der Waals surface area contributed by atoms with Crippen molar-refractivity contribution in [3.63, 3.8) is 0 Å². The summed E-state index contributed by atoms with van der Waals surface area (Å²) in [4.78, 5) is 28.3. The minimum atomic E-state index is -0.0319. The molecule has 0 atom stereocenters. The van der Waals surface area contributed by atoms with Crippen molar-refractivity contribution < 1.29 is 0 Å². The minimum absolute atomic E-state index is 0.0319. The van der Waals surface area contributed by atoms with E-state index >= 15 is 0 Å². The number of H-pyrrole nitrogens is 1. The number of aromatic amines is 1. The maximum Gasteiger partial charge on any atom is 0.255 e. The molecule has 0 bridgehead atoms. The van der Waals surface area contributed by atoms with Gasteiger partial charge in [0, 0.05) is 42.3 Å². The molecule has 0 aliphatic carbocycles. The third kappa shape index (κ3) is 3.88. The molecule has 1 aliphatic heterocycles. The van der Waals surface area contributed by atoms with Crippen LogP contribution in [0.2, 0.25) is 0 Å². The van der Waals surface area contributed by atoms with Gasteiger partial charge in [0.05, 0.1) is 21.8 Å². The molecule has 0 radical (unpaired) electrons. The molecule has 4 heterocycles. The topological polar surface area (TPSA) is 61.9 Å². The molecule has 0 spiro atoms. The molecule has 5 nitrogen and oxygen atoms in total. The molecule has 150 valence electrons.